The fraction of sp³-hybridized carbons (Fsp3) is 0.533. The van der Waals surface area contributed by atoms with Gasteiger partial charge >= 0.3 is 0 Å². The molecule has 4 heteroatoms. The lowest BCUT2D eigenvalue weighted by atomic mass is 10.1. The van der Waals surface area contributed by atoms with Gasteiger partial charge in [-0.05, 0) is 39.0 Å². The van der Waals surface area contributed by atoms with Crippen molar-refractivity contribution < 1.29 is 4.79 Å². The monoisotopic (exact) mass is 324 g/mol. The van der Waals surface area contributed by atoms with Crippen LogP contribution in [0.3, 0.4) is 0 Å². The Labute approximate surface area is 123 Å². The molecule has 0 bridgehead atoms. The number of carbonyl (C=O) groups is 1. The first-order valence-electron chi connectivity index (χ1n) is 6.78. The molecule has 1 aromatic rings. The third-order valence-electron chi connectivity index (χ3n) is 3.72. The molecule has 0 spiro atoms. The van der Waals surface area contributed by atoms with Gasteiger partial charge in [0.25, 0.3) is 0 Å². The lowest BCUT2D eigenvalue weighted by Gasteiger charge is -2.38. The second-order valence-corrected chi connectivity index (χ2v) is 6.25. The van der Waals surface area contributed by atoms with Crippen molar-refractivity contribution in [1.29, 1.82) is 0 Å². The van der Waals surface area contributed by atoms with Gasteiger partial charge in [-0.25, -0.2) is 0 Å². The maximum absolute atomic E-state index is 11.8. The van der Waals surface area contributed by atoms with Gasteiger partial charge in [-0.15, -0.1) is 0 Å². The van der Waals surface area contributed by atoms with Gasteiger partial charge < -0.3 is 4.90 Å². The minimum Gasteiger partial charge on any atom is -0.368 e. The zero-order chi connectivity index (χ0) is 14.0. The van der Waals surface area contributed by atoms with Gasteiger partial charge in [-0.3, -0.25) is 9.69 Å². The van der Waals surface area contributed by atoms with Crippen LogP contribution in [0.25, 0.3) is 0 Å². The number of carbonyl (C=O) groups excluding carboxylic acids is 1. The van der Waals surface area contributed by atoms with Crippen LogP contribution in [0.2, 0.25) is 0 Å². The van der Waals surface area contributed by atoms with Crippen LogP contribution in [0.5, 0.6) is 0 Å². The molecule has 104 valence electrons. The zero-order valence-electron chi connectivity index (χ0n) is 11.8. The molecule has 0 aliphatic carbocycles. The van der Waals surface area contributed by atoms with Gasteiger partial charge in [0, 0.05) is 47.9 Å². The first kappa shape index (κ1) is 14.5. The molecule has 1 aliphatic rings. The Balaban J connectivity index is 2.17. The van der Waals surface area contributed by atoms with Crippen molar-refractivity contribution in [3.05, 3.63) is 28.2 Å². The fourth-order valence-corrected chi connectivity index (χ4v) is 2.91. The molecule has 1 aliphatic heterocycles. The van der Waals surface area contributed by atoms with Crippen molar-refractivity contribution >= 4 is 27.4 Å². The molecular formula is C15H21BrN2O. The smallest absolute Gasteiger partial charge is 0.161 e. The van der Waals surface area contributed by atoms with Gasteiger partial charge in [-0.1, -0.05) is 15.9 Å². The van der Waals surface area contributed by atoms with E-state index in [1.807, 2.05) is 18.2 Å². The SMILES string of the molecule is CC(=O)c1cc(Br)ccc1N1CCN(C(C)C)CC1. The number of piperazine rings is 1. The summed E-state index contributed by atoms with van der Waals surface area (Å²) in [5.41, 5.74) is 1.88. The maximum atomic E-state index is 11.8. The fourth-order valence-electron chi connectivity index (χ4n) is 2.55. The lowest BCUT2D eigenvalue weighted by Crippen LogP contribution is -2.49. The number of nitrogens with zero attached hydrogens (tertiary/aromatic N) is 2. The van der Waals surface area contributed by atoms with E-state index in [9.17, 15) is 4.79 Å². The minimum atomic E-state index is 0.127. The number of Topliss-reactive ketones (excluding diaryl/α,β-unsaturated/α-hetero) is 1. The Morgan fingerprint density at radius 2 is 1.84 bits per heavy atom. The van der Waals surface area contributed by atoms with Gasteiger partial charge in [0.05, 0.1) is 0 Å². The van der Waals surface area contributed by atoms with E-state index in [4.69, 9.17) is 0 Å². The van der Waals surface area contributed by atoms with Crippen LogP contribution in [-0.4, -0.2) is 42.9 Å². The summed E-state index contributed by atoms with van der Waals surface area (Å²) in [5, 5.41) is 0. The molecular weight excluding hydrogens is 304 g/mol. The van der Waals surface area contributed by atoms with E-state index >= 15 is 0 Å². The summed E-state index contributed by atoms with van der Waals surface area (Å²) < 4.78 is 0.960. The zero-order valence-corrected chi connectivity index (χ0v) is 13.4. The summed E-state index contributed by atoms with van der Waals surface area (Å²) in [4.78, 5) is 16.6. The molecule has 0 N–H and O–H groups in total. The predicted octanol–water partition coefficient (Wildman–Crippen LogP) is 3.18. The van der Waals surface area contributed by atoms with Crippen LogP contribution in [0.15, 0.2) is 22.7 Å². The number of ketones is 1. The predicted molar refractivity (Wildman–Crippen MR) is 83.1 cm³/mol. The van der Waals surface area contributed by atoms with Crippen LogP contribution in [-0.2, 0) is 0 Å². The average Bonchev–Trinajstić information content (AvgIpc) is 2.38. The van der Waals surface area contributed by atoms with E-state index in [1.165, 1.54) is 0 Å². The molecule has 0 aromatic heterocycles. The topological polar surface area (TPSA) is 23.6 Å². The van der Waals surface area contributed by atoms with Crippen molar-refractivity contribution in [2.24, 2.45) is 0 Å². The van der Waals surface area contributed by atoms with Crippen molar-refractivity contribution in [1.82, 2.24) is 4.90 Å². The second-order valence-electron chi connectivity index (χ2n) is 5.33. The Bertz CT molecular complexity index is 465. The van der Waals surface area contributed by atoms with E-state index in [2.05, 4.69) is 39.6 Å². The largest absolute Gasteiger partial charge is 0.368 e. The molecule has 0 unspecified atom stereocenters. The number of rotatable bonds is 3. The van der Waals surface area contributed by atoms with Crippen molar-refractivity contribution in [2.45, 2.75) is 26.8 Å². The molecule has 1 saturated heterocycles. The lowest BCUT2D eigenvalue weighted by molar-refractivity contribution is 0.101. The Kier molecular flexibility index (Phi) is 4.63. The molecule has 1 aromatic carbocycles. The van der Waals surface area contributed by atoms with E-state index in [1.54, 1.807) is 6.92 Å². The highest BCUT2D eigenvalue weighted by molar-refractivity contribution is 9.10. The molecule has 0 amide bonds. The molecule has 3 nitrogen and oxygen atoms in total. The molecule has 1 heterocycles. The van der Waals surface area contributed by atoms with Gasteiger partial charge in [-0.2, -0.15) is 0 Å². The maximum Gasteiger partial charge on any atom is 0.161 e. The molecule has 0 saturated carbocycles. The third kappa shape index (κ3) is 3.37. The summed E-state index contributed by atoms with van der Waals surface area (Å²) in [6.07, 6.45) is 0. The van der Waals surface area contributed by atoms with Crippen molar-refractivity contribution in [3.63, 3.8) is 0 Å². The summed E-state index contributed by atoms with van der Waals surface area (Å²) >= 11 is 3.44. The second kappa shape index (κ2) is 6.06. The molecule has 2 rings (SSSR count). The molecule has 0 atom stereocenters. The first-order chi connectivity index (χ1) is 8.99. The van der Waals surface area contributed by atoms with Crippen molar-refractivity contribution in [2.75, 3.05) is 31.1 Å². The van der Waals surface area contributed by atoms with E-state index in [-0.39, 0.29) is 5.78 Å². The Hall–Kier alpha value is -0.870. The average molecular weight is 325 g/mol. The third-order valence-corrected chi connectivity index (χ3v) is 4.22. The van der Waals surface area contributed by atoms with Gasteiger partial charge in [0.15, 0.2) is 5.78 Å². The van der Waals surface area contributed by atoms with Gasteiger partial charge in [0.1, 0.15) is 0 Å². The van der Waals surface area contributed by atoms with Crippen LogP contribution in [0.1, 0.15) is 31.1 Å². The number of halogens is 1. The highest BCUT2D eigenvalue weighted by Crippen LogP contribution is 2.26. The first-order valence-corrected chi connectivity index (χ1v) is 7.58. The molecule has 0 radical (unpaired) electrons. The van der Waals surface area contributed by atoms with E-state index < -0.39 is 0 Å². The van der Waals surface area contributed by atoms with Crippen LogP contribution < -0.4 is 4.90 Å². The van der Waals surface area contributed by atoms with Crippen LogP contribution >= 0.6 is 15.9 Å². The normalized spacial score (nSPS) is 17.0. The molecule has 19 heavy (non-hydrogen) atoms. The number of hydrogen-bond acceptors (Lipinski definition) is 3. The highest BCUT2D eigenvalue weighted by Gasteiger charge is 2.21. The Morgan fingerprint density at radius 3 is 2.37 bits per heavy atom. The summed E-state index contributed by atoms with van der Waals surface area (Å²) in [6, 6.07) is 6.58. The summed E-state index contributed by atoms with van der Waals surface area (Å²) in [5.74, 6) is 0.127. The quantitative estimate of drug-likeness (QED) is 0.798. The Morgan fingerprint density at radius 1 is 1.21 bits per heavy atom. The van der Waals surface area contributed by atoms with Gasteiger partial charge in [0.2, 0.25) is 0 Å². The molecule has 1 fully saturated rings. The summed E-state index contributed by atoms with van der Waals surface area (Å²) in [6.45, 7) is 10.2. The van der Waals surface area contributed by atoms with E-state index in [0.717, 1.165) is 41.9 Å². The standard InChI is InChI=1S/C15H21BrN2O/c1-11(2)17-6-8-18(9-7-17)15-5-4-13(16)10-14(15)12(3)19/h4-5,10-11H,6-9H2,1-3H3. The van der Waals surface area contributed by atoms with E-state index in [0.29, 0.717) is 6.04 Å². The number of benzene rings is 1. The number of hydrogen-bond donors (Lipinski definition) is 0. The highest BCUT2D eigenvalue weighted by atomic mass is 79.9. The number of anilines is 1. The van der Waals surface area contributed by atoms with Crippen molar-refractivity contribution in [3.8, 4) is 0 Å². The summed E-state index contributed by atoms with van der Waals surface area (Å²) in [7, 11) is 0. The minimum absolute atomic E-state index is 0.127. The van der Waals surface area contributed by atoms with Crippen LogP contribution in [0, 0.1) is 0 Å². The van der Waals surface area contributed by atoms with Crippen LogP contribution in [0.4, 0.5) is 5.69 Å².